The van der Waals surface area contributed by atoms with Gasteiger partial charge in [-0.2, -0.15) is 5.10 Å². The van der Waals surface area contributed by atoms with Gasteiger partial charge in [0.15, 0.2) is 5.82 Å². The number of aromatic nitrogens is 2. The number of nitrogens with one attached hydrogen (secondary N) is 1. The van der Waals surface area contributed by atoms with Crippen LogP contribution in [0.25, 0.3) is 0 Å². The summed E-state index contributed by atoms with van der Waals surface area (Å²) in [7, 11) is 0. The first-order valence-electron chi connectivity index (χ1n) is 11.4. The van der Waals surface area contributed by atoms with Gasteiger partial charge in [-0.1, -0.05) is 12.1 Å². The second kappa shape index (κ2) is 10.5. The van der Waals surface area contributed by atoms with E-state index in [1.165, 1.54) is 5.56 Å². The maximum absolute atomic E-state index is 12.5. The normalized spacial score (nSPS) is 17.2. The van der Waals surface area contributed by atoms with Gasteiger partial charge in [-0.05, 0) is 55.5 Å². The summed E-state index contributed by atoms with van der Waals surface area (Å²) in [5.74, 6) is 1.44. The molecule has 2 aromatic rings. The molecule has 2 saturated heterocycles. The van der Waals surface area contributed by atoms with Crippen molar-refractivity contribution in [2.45, 2.75) is 32.1 Å². The van der Waals surface area contributed by atoms with Crippen molar-refractivity contribution in [1.29, 1.82) is 0 Å². The molecule has 2 aliphatic heterocycles. The van der Waals surface area contributed by atoms with Crippen LogP contribution in [0.5, 0.6) is 0 Å². The topological polar surface area (TPSA) is 87.7 Å². The quantitative estimate of drug-likeness (QED) is 0.639. The molecule has 0 radical (unpaired) electrons. The molecule has 0 bridgehead atoms. The Labute approximate surface area is 188 Å². The smallest absolute Gasteiger partial charge is 0.231 e. The number of hydrogen-bond donors (Lipinski definition) is 1. The van der Waals surface area contributed by atoms with Crippen molar-refractivity contribution in [3.05, 3.63) is 48.2 Å². The lowest BCUT2D eigenvalue weighted by molar-refractivity contribution is -0.133. The Hall–Kier alpha value is -3.00. The first-order chi connectivity index (χ1) is 15.6. The Morgan fingerprint density at radius 1 is 1.12 bits per heavy atom. The van der Waals surface area contributed by atoms with Crippen LogP contribution < -0.4 is 10.2 Å². The number of rotatable bonds is 8. The van der Waals surface area contributed by atoms with Crippen molar-refractivity contribution in [1.82, 2.24) is 15.1 Å². The van der Waals surface area contributed by atoms with Crippen molar-refractivity contribution in [3.63, 3.8) is 0 Å². The number of hydrogen-bond acceptors (Lipinski definition) is 6. The van der Waals surface area contributed by atoms with Crippen LogP contribution in [0.2, 0.25) is 0 Å². The summed E-state index contributed by atoms with van der Waals surface area (Å²) in [6.45, 7) is 5.98. The lowest BCUT2D eigenvalue weighted by Crippen LogP contribution is -2.52. The van der Waals surface area contributed by atoms with E-state index < -0.39 is 0 Å². The molecule has 2 aliphatic rings. The van der Waals surface area contributed by atoms with Gasteiger partial charge >= 0.3 is 0 Å². The van der Waals surface area contributed by atoms with E-state index in [-0.39, 0.29) is 17.7 Å². The second-order valence-electron chi connectivity index (χ2n) is 8.40. The van der Waals surface area contributed by atoms with Crippen LogP contribution in [-0.4, -0.2) is 66.3 Å². The Morgan fingerprint density at radius 3 is 2.53 bits per heavy atom. The molecule has 32 heavy (non-hydrogen) atoms. The average molecular weight is 438 g/mol. The molecule has 0 unspecified atom stereocenters. The summed E-state index contributed by atoms with van der Waals surface area (Å²) in [5, 5.41) is 11.0. The fourth-order valence-electron chi connectivity index (χ4n) is 4.30. The summed E-state index contributed by atoms with van der Waals surface area (Å²) in [6.07, 6.45) is 4.03. The van der Waals surface area contributed by atoms with Crippen molar-refractivity contribution < 1.29 is 14.3 Å². The molecular formula is C24H31N5O3. The fraction of sp³-hybridized carbons (Fsp3) is 0.500. The van der Waals surface area contributed by atoms with Gasteiger partial charge in [0.25, 0.3) is 0 Å². The van der Waals surface area contributed by atoms with Crippen LogP contribution in [0.3, 0.4) is 0 Å². The highest BCUT2D eigenvalue weighted by atomic mass is 16.5. The predicted octanol–water partition coefficient (Wildman–Crippen LogP) is 2.68. The van der Waals surface area contributed by atoms with E-state index in [4.69, 9.17) is 4.74 Å². The zero-order valence-electron chi connectivity index (χ0n) is 18.6. The zero-order valence-corrected chi connectivity index (χ0v) is 18.6. The standard InChI is InChI=1S/C24H31N5O3/c1-2-32-15-11-23(30)28-13-9-19(10-14-28)18-5-7-21(8-6-18)26-24(31)20-16-29(17-20)22-4-3-12-25-27-22/h3-8,12,19-20H,2,9-11,13-17H2,1H3,(H,26,31). The van der Waals surface area contributed by atoms with Gasteiger partial charge < -0.3 is 19.9 Å². The van der Waals surface area contributed by atoms with Gasteiger partial charge in [0.1, 0.15) is 0 Å². The maximum Gasteiger partial charge on any atom is 0.231 e. The van der Waals surface area contributed by atoms with E-state index in [0.29, 0.717) is 38.6 Å². The fourth-order valence-corrected chi connectivity index (χ4v) is 4.30. The van der Waals surface area contributed by atoms with E-state index in [1.807, 2.05) is 41.0 Å². The van der Waals surface area contributed by atoms with Crippen molar-refractivity contribution in [2.75, 3.05) is 49.6 Å². The summed E-state index contributed by atoms with van der Waals surface area (Å²) in [4.78, 5) is 28.8. The first kappa shape index (κ1) is 22.2. The van der Waals surface area contributed by atoms with E-state index in [1.54, 1.807) is 6.20 Å². The third kappa shape index (κ3) is 5.43. The number of carbonyl (C=O) groups is 2. The predicted molar refractivity (Wildman–Crippen MR) is 122 cm³/mol. The van der Waals surface area contributed by atoms with Crippen LogP contribution in [0.1, 0.15) is 37.7 Å². The largest absolute Gasteiger partial charge is 0.381 e. The number of nitrogens with zero attached hydrogens (tertiary/aromatic N) is 4. The summed E-state index contributed by atoms with van der Waals surface area (Å²) in [6, 6.07) is 11.9. The van der Waals surface area contributed by atoms with Gasteiger partial charge in [0, 0.05) is 44.7 Å². The minimum absolute atomic E-state index is 0.0387. The van der Waals surface area contributed by atoms with E-state index >= 15 is 0 Å². The second-order valence-corrected chi connectivity index (χ2v) is 8.40. The average Bonchev–Trinajstić information content (AvgIpc) is 2.79. The molecule has 4 rings (SSSR count). The van der Waals surface area contributed by atoms with E-state index in [2.05, 4.69) is 27.6 Å². The van der Waals surface area contributed by atoms with Crippen molar-refractivity contribution >= 4 is 23.3 Å². The molecule has 0 spiro atoms. The van der Waals surface area contributed by atoms with Crippen LogP contribution in [-0.2, 0) is 14.3 Å². The maximum atomic E-state index is 12.5. The van der Waals surface area contributed by atoms with Gasteiger partial charge in [-0.25, -0.2) is 0 Å². The van der Waals surface area contributed by atoms with Crippen LogP contribution >= 0.6 is 0 Å². The number of anilines is 2. The molecule has 1 N–H and O–H groups in total. The molecule has 8 nitrogen and oxygen atoms in total. The Bertz CT molecular complexity index is 892. The molecule has 2 amide bonds. The Balaban J connectivity index is 1.21. The Kier molecular flexibility index (Phi) is 7.32. The minimum atomic E-state index is -0.0405. The third-order valence-corrected chi connectivity index (χ3v) is 6.30. The molecule has 1 aromatic carbocycles. The molecule has 3 heterocycles. The van der Waals surface area contributed by atoms with E-state index in [0.717, 1.165) is 37.4 Å². The van der Waals surface area contributed by atoms with Gasteiger partial charge in [0.05, 0.1) is 18.9 Å². The highest BCUT2D eigenvalue weighted by Gasteiger charge is 2.33. The van der Waals surface area contributed by atoms with Gasteiger partial charge in [0.2, 0.25) is 11.8 Å². The van der Waals surface area contributed by atoms with Crippen molar-refractivity contribution in [2.24, 2.45) is 5.92 Å². The number of piperidine rings is 1. The molecular weight excluding hydrogens is 406 g/mol. The molecule has 0 aliphatic carbocycles. The van der Waals surface area contributed by atoms with Crippen molar-refractivity contribution in [3.8, 4) is 0 Å². The zero-order chi connectivity index (χ0) is 22.3. The number of ether oxygens (including phenoxy) is 1. The molecule has 8 heteroatoms. The molecule has 0 atom stereocenters. The number of carbonyl (C=O) groups excluding carboxylic acids is 2. The highest BCUT2D eigenvalue weighted by Crippen LogP contribution is 2.29. The molecule has 0 saturated carbocycles. The number of likely N-dealkylation sites (tertiary alicyclic amines) is 1. The number of benzene rings is 1. The summed E-state index contributed by atoms with van der Waals surface area (Å²) >= 11 is 0. The minimum Gasteiger partial charge on any atom is -0.381 e. The van der Waals surface area contributed by atoms with Crippen LogP contribution in [0.4, 0.5) is 11.5 Å². The molecule has 170 valence electrons. The first-order valence-corrected chi connectivity index (χ1v) is 11.4. The highest BCUT2D eigenvalue weighted by molar-refractivity contribution is 5.94. The van der Waals surface area contributed by atoms with Gasteiger partial charge in [-0.3, -0.25) is 9.59 Å². The summed E-state index contributed by atoms with van der Waals surface area (Å²) in [5.41, 5.74) is 2.09. The lowest BCUT2D eigenvalue weighted by atomic mass is 9.89. The van der Waals surface area contributed by atoms with Gasteiger partial charge in [-0.15, -0.1) is 5.10 Å². The summed E-state index contributed by atoms with van der Waals surface area (Å²) < 4.78 is 5.29. The van der Waals surface area contributed by atoms with Crippen LogP contribution in [0.15, 0.2) is 42.6 Å². The lowest BCUT2D eigenvalue weighted by Gasteiger charge is -2.38. The number of amides is 2. The molecule has 1 aromatic heterocycles. The van der Waals surface area contributed by atoms with E-state index in [9.17, 15) is 9.59 Å². The Morgan fingerprint density at radius 2 is 1.88 bits per heavy atom. The SMILES string of the molecule is CCOCCC(=O)N1CCC(c2ccc(NC(=O)C3CN(c4cccnn4)C3)cc2)CC1. The monoisotopic (exact) mass is 437 g/mol. The third-order valence-electron chi connectivity index (χ3n) is 6.30. The molecule has 2 fully saturated rings. The van der Waals surface area contributed by atoms with Crippen LogP contribution in [0, 0.1) is 5.92 Å².